The molecular formula is C71H96O12. The van der Waals surface area contributed by atoms with Crippen molar-refractivity contribution in [2.75, 3.05) is 0 Å². The molecule has 0 heterocycles. The molecule has 0 radical (unpaired) electrons. The lowest BCUT2D eigenvalue weighted by Crippen LogP contribution is -2.06. The molecule has 0 aliphatic heterocycles. The van der Waals surface area contributed by atoms with E-state index in [2.05, 4.69) is 27.7 Å². The van der Waals surface area contributed by atoms with Gasteiger partial charge in [0, 0.05) is 53.9 Å². The van der Waals surface area contributed by atoms with Crippen LogP contribution in [0, 0.1) is 41.5 Å². The van der Waals surface area contributed by atoms with Crippen molar-refractivity contribution in [1.29, 1.82) is 0 Å². The molecule has 7 aromatic carbocycles. The van der Waals surface area contributed by atoms with Gasteiger partial charge in [0.05, 0.1) is 0 Å². The maximum atomic E-state index is 9.86. The van der Waals surface area contributed by atoms with E-state index in [0.29, 0.717) is 18.3 Å². The quantitative estimate of drug-likeness (QED) is 0.0455. The summed E-state index contributed by atoms with van der Waals surface area (Å²) in [6.45, 7) is 21.9. The summed E-state index contributed by atoms with van der Waals surface area (Å²) in [7, 11) is 0. The minimum Gasteiger partial charge on any atom is -0.508 e. The SMILES string of the molecule is CCC(C)c1c(C)cc(O)cc1O.CCCCCCc1c(C)cc(O)cc1O.CCCCc1c(C)cc(O)cc1O.CCc1c(C)cc(O)cc1O.Cc1cc(O)cc(O)c1C1CCCCC1.Cc1cc(O)cc(O)c1Cc1ccccc1. The first-order valence-electron chi connectivity index (χ1n) is 29.5. The Morgan fingerprint density at radius 1 is 0.386 bits per heavy atom. The number of unbranched alkanes of at least 4 members (excludes halogenated alkanes) is 4. The minimum absolute atomic E-state index is 0.104. The first-order valence-corrected chi connectivity index (χ1v) is 29.5. The van der Waals surface area contributed by atoms with Gasteiger partial charge >= 0.3 is 0 Å². The van der Waals surface area contributed by atoms with Crippen LogP contribution >= 0.6 is 0 Å². The fraction of sp³-hybridized carbons (Fsp3) is 0.408. The van der Waals surface area contributed by atoms with Crippen LogP contribution < -0.4 is 0 Å². The molecule has 0 amide bonds. The molecule has 1 aliphatic rings. The third-order valence-corrected chi connectivity index (χ3v) is 15.2. The number of aromatic hydroxyl groups is 12. The van der Waals surface area contributed by atoms with Gasteiger partial charge in [-0.3, -0.25) is 0 Å². The normalized spacial score (nSPS) is 12.1. The van der Waals surface area contributed by atoms with Crippen LogP contribution in [0.2, 0.25) is 0 Å². The van der Waals surface area contributed by atoms with Crippen LogP contribution in [0.15, 0.2) is 103 Å². The van der Waals surface area contributed by atoms with E-state index in [1.165, 1.54) is 87.8 Å². The highest BCUT2D eigenvalue weighted by Crippen LogP contribution is 2.41. The second kappa shape index (κ2) is 35.2. The van der Waals surface area contributed by atoms with Gasteiger partial charge in [-0.1, -0.05) is 110 Å². The first kappa shape index (κ1) is 69.4. The maximum Gasteiger partial charge on any atom is 0.123 e. The van der Waals surface area contributed by atoms with Crippen molar-refractivity contribution in [2.24, 2.45) is 0 Å². The first-order chi connectivity index (χ1) is 39.3. The second-order valence-electron chi connectivity index (χ2n) is 22.0. The molecule has 1 saturated carbocycles. The van der Waals surface area contributed by atoms with Crippen molar-refractivity contribution in [3.05, 3.63) is 175 Å². The average Bonchev–Trinajstić information content (AvgIpc) is 3.49. The Hall–Kier alpha value is -7.86. The summed E-state index contributed by atoms with van der Waals surface area (Å²) >= 11 is 0. The number of phenols is 12. The van der Waals surface area contributed by atoms with Crippen molar-refractivity contribution >= 4 is 0 Å². The predicted octanol–water partition coefficient (Wildman–Crippen LogP) is 17.6. The van der Waals surface area contributed by atoms with E-state index in [4.69, 9.17) is 5.11 Å². The number of phenolic OH excluding ortho intramolecular Hbond substituents is 12. The molecule has 83 heavy (non-hydrogen) atoms. The molecule has 1 aliphatic carbocycles. The number of benzene rings is 7. The van der Waals surface area contributed by atoms with Gasteiger partial charge in [0.25, 0.3) is 0 Å². The summed E-state index contributed by atoms with van der Waals surface area (Å²) in [5.74, 6) is 2.85. The van der Waals surface area contributed by atoms with E-state index in [9.17, 15) is 56.2 Å². The van der Waals surface area contributed by atoms with Crippen molar-refractivity contribution < 1.29 is 61.3 Å². The van der Waals surface area contributed by atoms with E-state index >= 15 is 0 Å². The smallest absolute Gasteiger partial charge is 0.123 e. The molecule has 7 aromatic rings. The highest BCUT2D eigenvalue weighted by Gasteiger charge is 2.21. The maximum absolute atomic E-state index is 9.86. The monoisotopic (exact) mass is 1140 g/mol. The summed E-state index contributed by atoms with van der Waals surface area (Å²) in [5.41, 5.74) is 12.6. The van der Waals surface area contributed by atoms with E-state index in [1.807, 2.05) is 78.8 Å². The highest BCUT2D eigenvalue weighted by atomic mass is 16.3. The van der Waals surface area contributed by atoms with Crippen LogP contribution in [0.3, 0.4) is 0 Å². The number of hydrogen-bond donors (Lipinski definition) is 12. The molecule has 452 valence electrons. The largest absolute Gasteiger partial charge is 0.508 e. The summed E-state index contributed by atoms with van der Waals surface area (Å²) in [4.78, 5) is 0. The van der Waals surface area contributed by atoms with Crippen molar-refractivity contribution in [1.82, 2.24) is 0 Å². The average molecular weight is 1140 g/mol. The summed E-state index contributed by atoms with van der Waals surface area (Å²) in [6.07, 6.45) is 17.4. The standard InChI is InChI=1S/C14H14O2.C13H18O2.C13H20O2.2C11H16O2.C9H12O2/c1-10-7-12(15)9-14(16)13(10)8-11-5-3-2-4-6-11;1-9-7-11(14)8-12(15)13(9)10-5-3-2-4-6-10;1-3-4-5-6-7-12-10(2)8-11(14)9-13(12)15;1-4-7(2)11-8(3)5-9(12)6-10(11)13;1-3-4-5-10-8(2)6-9(12)7-11(10)13;1-3-8-6(2)4-7(10)5-9(8)11/h2-7,9,15-16H,8H2,1H3;7-8,10,14-15H,2-6H2,1H3;8-9,14-15H,3-7H2,1-2H3;5-7,12-13H,4H2,1-3H3;6-7,12-13H,3-5H2,1-2H3;4-5,10-11H,3H2,1-2H3. The molecule has 0 aromatic heterocycles. The fourth-order valence-corrected chi connectivity index (χ4v) is 10.6. The van der Waals surface area contributed by atoms with E-state index in [1.54, 1.807) is 36.4 Å². The van der Waals surface area contributed by atoms with Crippen LogP contribution in [0.4, 0.5) is 0 Å². The number of aryl methyl sites for hydroxylation is 6. The Morgan fingerprint density at radius 2 is 0.771 bits per heavy atom. The van der Waals surface area contributed by atoms with Crippen LogP contribution in [0.5, 0.6) is 69.0 Å². The number of rotatable bonds is 14. The minimum atomic E-state index is 0.104. The predicted molar refractivity (Wildman–Crippen MR) is 337 cm³/mol. The van der Waals surface area contributed by atoms with Crippen LogP contribution in [-0.2, 0) is 25.7 Å². The van der Waals surface area contributed by atoms with Gasteiger partial charge < -0.3 is 61.3 Å². The Bertz CT molecular complexity index is 2950. The highest BCUT2D eigenvalue weighted by molar-refractivity contribution is 5.50. The van der Waals surface area contributed by atoms with E-state index in [0.717, 1.165) is 117 Å². The van der Waals surface area contributed by atoms with E-state index in [-0.39, 0.29) is 69.0 Å². The van der Waals surface area contributed by atoms with Crippen molar-refractivity contribution in [3.8, 4) is 69.0 Å². The lowest BCUT2D eigenvalue weighted by Gasteiger charge is -2.24. The Kier molecular flexibility index (Phi) is 29.4. The van der Waals surface area contributed by atoms with Crippen LogP contribution in [0.1, 0.15) is 196 Å². The van der Waals surface area contributed by atoms with Crippen molar-refractivity contribution in [2.45, 2.75) is 191 Å². The Morgan fingerprint density at radius 3 is 1.17 bits per heavy atom. The zero-order valence-corrected chi connectivity index (χ0v) is 51.1. The topological polar surface area (TPSA) is 243 Å². The fourth-order valence-electron chi connectivity index (χ4n) is 10.6. The molecule has 12 N–H and O–H groups in total. The molecule has 8 rings (SSSR count). The molecule has 0 bridgehead atoms. The molecule has 0 spiro atoms. The van der Waals surface area contributed by atoms with Gasteiger partial charge in [0.15, 0.2) is 0 Å². The Labute approximate surface area is 494 Å². The molecule has 1 fully saturated rings. The molecular weight excluding hydrogens is 1040 g/mol. The molecule has 12 heteroatoms. The second-order valence-corrected chi connectivity index (χ2v) is 22.0. The van der Waals surface area contributed by atoms with Crippen LogP contribution in [0.25, 0.3) is 0 Å². The lowest BCUT2D eigenvalue weighted by molar-refractivity contribution is 0.407. The van der Waals surface area contributed by atoms with Gasteiger partial charge in [-0.05, 0) is 202 Å². The molecule has 0 saturated heterocycles. The molecule has 12 nitrogen and oxygen atoms in total. The van der Waals surface area contributed by atoms with Crippen LogP contribution in [-0.4, -0.2) is 61.3 Å². The molecule has 1 atom stereocenters. The third kappa shape index (κ3) is 22.8. The molecule has 1 unspecified atom stereocenters. The van der Waals surface area contributed by atoms with E-state index < -0.39 is 0 Å². The van der Waals surface area contributed by atoms with Gasteiger partial charge in [0.2, 0.25) is 0 Å². The van der Waals surface area contributed by atoms with Crippen molar-refractivity contribution in [3.63, 3.8) is 0 Å². The Balaban J connectivity index is 0.000000262. The van der Waals surface area contributed by atoms with Gasteiger partial charge in [-0.2, -0.15) is 0 Å². The van der Waals surface area contributed by atoms with Gasteiger partial charge in [-0.15, -0.1) is 0 Å². The summed E-state index contributed by atoms with van der Waals surface area (Å²) in [6, 6.07) is 28.5. The zero-order chi connectivity index (χ0) is 61.9. The zero-order valence-electron chi connectivity index (χ0n) is 51.1. The van der Waals surface area contributed by atoms with Gasteiger partial charge in [0.1, 0.15) is 69.0 Å². The number of hydrogen-bond acceptors (Lipinski definition) is 12. The summed E-state index contributed by atoms with van der Waals surface area (Å²) < 4.78 is 0. The third-order valence-electron chi connectivity index (χ3n) is 15.2. The van der Waals surface area contributed by atoms with Gasteiger partial charge in [-0.25, -0.2) is 0 Å². The summed E-state index contributed by atoms with van der Waals surface area (Å²) in [5, 5.41) is 113. The lowest BCUT2D eigenvalue weighted by atomic mass is 9.82.